The molecule has 0 saturated carbocycles. The molecule has 3 rings (SSSR count). The van der Waals surface area contributed by atoms with Gasteiger partial charge in [0.2, 0.25) is 5.91 Å². The SMILES string of the molecule is CC(C)(C)OC(=O)N[C@H](C=O)CC(=O)NC1c2ccccc2Oc2ccccc21. The van der Waals surface area contributed by atoms with Crippen molar-refractivity contribution in [3.8, 4) is 11.5 Å². The van der Waals surface area contributed by atoms with Crippen molar-refractivity contribution in [1.82, 2.24) is 10.6 Å². The Morgan fingerprint density at radius 2 is 1.62 bits per heavy atom. The standard InChI is InChI=1S/C22H24N2O5/c1-22(2,3)29-21(27)23-14(13-25)12-19(26)24-20-15-8-4-6-10-17(15)28-18-11-7-5-9-16(18)20/h4-11,13-14,20H,12H2,1-3H3,(H,23,27)(H,24,26)/t14-/m0/s1. The van der Waals surface area contributed by atoms with Crippen molar-refractivity contribution in [2.75, 3.05) is 0 Å². The number of alkyl carbamates (subject to hydrolysis) is 1. The fourth-order valence-corrected chi connectivity index (χ4v) is 3.08. The third kappa shape index (κ3) is 5.13. The van der Waals surface area contributed by atoms with Crippen molar-refractivity contribution in [3.05, 3.63) is 59.7 Å². The van der Waals surface area contributed by atoms with Crippen molar-refractivity contribution in [1.29, 1.82) is 0 Å². The third-order valence-corrected chi connectivity index (χ3v) is 4.26. The molecular formula is C22H24N2O5. The zero-order valence-electron chi connectivity index (χ0n) is 16.6. The van der Waals surface area contributed by atoms with Crippen LogP contribution in [0.25, 0.3) is 0 Å². The first-order valence-electron chi connectivity index (χ1n) is 9.36. The summed E-state index contributed by atoms with van der Waals surface area (Å²) in [5, 5.41) is 5.36. The van der Waals surface area contributed by atoms with Crippen LogP contribution in [0.3, 0.4) is 0 Å². The van der Waals surface area contributed by atoms with Gasteiger partial charge in [-0.25, -0.2) is 4.79 Å². The third-order valence-electron chi connectivity index (χ3n) is 4.26. The fourth-order valence-electron chi connectivity index (χ4n) is 3.08. The number of rotatable bonds is 5. The van der Waals surface area contributed by atoms with Gasteiger partial charge in [-0.1, -0.05) is 36.4 Å². The second-order valence-electron chi connectivity index (χ2n) is 7.77. The number of aldehydes is 1. The Bertz CT molecular complexity index is 874. The van der Waals surface area contributed by atoms with Crippen molar-refractivity contribution < 1.29 is 23.9 Å². The minimum Gasteiger partial charge on any atom is -0.457 e. The van der Waals surface area contributed by atoms with Crippen molar-refractivity contribution >= 4 is 18.3 Å². The summed E-state index contributed by atoms with van der Waals surface area (Å²) in [7, 11) is 0. The van der Waals surface area contributed by atoms with Crippen molar-refractivity contribution in [2.45, 2.75) is 44.9 Å². The Kier molecular flexibility index (Phi) is 5.87. The summed E-state index contributed by atoms with van der Waals surface area (Å²) >= 11 is 0. The lowest BCUT2D eigenvalue weighted by molar-refractivity contribution is -0.123. The molecule has 0 bridgehead atoms. The summed E-state index contributed by atoms with van der Waals surface area (Å²) in [6, 6.07) is 13.5. The van der Waals surface area contributed by atoms with Gasteiger partial charge in [-0.2, -0.15) is 0 Å². The van der Waals surface area contributed by atoms with Gasteiger partial charge >= 0.3 is 6.09 Å². The monoisotopic (exact) mass is 396 g/mol. The topological polar surface area (TPSA) is 93.7 Å². The summed E-state index contributed by atoms with van der Waals surface area (Å²) in [4.78, 5) is 35.9. The average Bonchev–Trinajstić information content (AvgIpc) is 2.65. The van der Waals surface area contributed by atoms with Gasteiger partial charge in [0.15, 0.2) is 0 Å². The maximum Gasteiger partial charge on any atom is 0.408 e. The lowest BCUT2D eigenvalue weighted by Crippen LogP contribution is -2.43. The lowest BCUT2D eigenvalue weighted by atomic mass is 9.94. The molecule has 0 radical (unpaired) electrons. The highest BCUT2D eigenvalue weighted by Gasteiger charge is 2.29. The first kappa shape index (κ1) is 20.4. The predicted molar refractivity (Wildman–Crippen MR) is 107 cm³/mol. The zero-order chi connectivity index (χ0) is 21.0. The summed E-state index contributed by atoms with van der Waals surface area (Å²) in [6.07, 6.45) is -0.427. The van der Waals surface area contributed by atoms with Crippen LogP contribution in [-0.4, -0.2) is 29.9 Å². The maximum absolute atomic E-state index is 12.7. The molecule has 0 aliphatic carbocycles. The van der Waals surface area contributed by atoms with E-state index in [1.54, 1.807) is 20.8 Å². The molecule has 0 spiro atoms. The average molecular weight is 396 g/mol. The molecule has 7 nitrogen and oxygen atoms in total. The quantitative estimate of drug-likeness (QED) is 0.755. The molecule has 1 atom stereocenters. The van der Waals surface area contributed by atoms with Gasteiger partial charge < -0.3 is 24.9 Å². The van der Waals surface area contributed by atoms with E-state index in [-0.39, 0.29) is 12.3 Å². The van der Waals surface area contributed by atoms with Crippen LogP contribution in [0.2, 0.25) is 0 Å². The number of benzene rings is 2. The van der Waals surface area contributed by atoms with Gasteiger partial charge in [-0.3, -0.25) is 4.79 Å². The first-order chi connectivity index (χ1) is 13.8. The normalized spacial score (nSPS) is 13.9. The van der Waals surface area contributed by atoms with E-state index in [0.29, 0.717) is 17.8 Å². The molecular weight excluding hydrogens is 372 g/mol. The smallest absolute Gasteiger partial charge is 0.408 e. The van der Waals surface area contributed by atoms with E-state index in [9.17, 15) is 14.4 Å². The largest absolute Gasteiger partial charge is 0.457 e. The Morgan fingerprint density at radius 1 is 1.07 bits per heavy atom. The zero-order valence-corrected chi connectivity index (χ0v) is 16.6. The van der Waals surface area contributed by atoms with Gasteiger partial charge in [-0.05, 0) is 32.9 Å². The van der Waals surface area contributed by atoms with Crippen LogP contribution in [0.5, 0.6) is 11.5 Å². The molecule has 2 amide bonds. The van der Waals surface area contributed by atoms with E-state index in [1.165, 1.54) is 0 Å². The van der Waals surface area contributed by atoms with E-state index in [1.807, 2.05) is 48.5 Å². The Hall–Kier alpha value is -3.35. The van der Waals surface area contributed by atoms with Crippen LogP contribution < -0.4 is 15.4 Å². The molecule has 1 aliphatic heterocycles. The molecule has 2 aromatic carbocycles. The van der Waals surface area contributed by atoms with E-state index in [4.69, 9.17) is 9.47 Å². The number of ether oxygens (including phenoxy) is 2. The van der Waals surface area contributed by atoms with E-state index in [2.05, 4.69) is 10.6 Å². The maximum atomic E-state index is 12.7. The molecule has 29 heavy (non-hydrogen) atoms. The van der Waals surface area contributed by atoms with Crippen molar-refractivity contribution in [2.24, 2.45) is 0 Å². The van der Waals surface area contributed by atoms with Gasteiger partial charge in [0.1, 0.15) is 23.4 Å². The van der Waals surface area contributed by atoms with Crippen LogP contribution in [-0.2, 0) is 14.3 Å². The van der Waals surface area contributed by atoms with Crippen LogP contribution in [0.4, 0.5) is 4.79 Å². The molecule has 0 fully saturated rings. The highest BCUT2D eigenvalue weighted by molar-refractivity contribution is 5.83. The molecule has 2 aromatic rings. The molecule has 2 N–H and O–H groups in total. The predicted octanol–water partition coefficient (Wildman–Crippen LogP) is 3.48. The Balaban J connectivity index is 1.72. The van der Waals surface area contributed by atoms with Crippen LogP contribution in [0, 0.1) is 0 Å². The van der Waals surface area contributed by atoms with E-state index >= 15 is 0 Å². The number of fused-ring (bicyclic) bond motifs is 2. The van der Waals surface area contributed by atoms with Crippen LogP contribution in [0.1, 0.15) is 44.4 Å². The van der Waals surface area contributed by atoms with Crippen molar-refractivity contribution in [3.63, 3.8) is 0 Å². The fraction of sp³-hybridized carbons (Fsp3) is 0.318. The van der Waals surface area contributed by atoms with Crippen LogP contribution >= 0.6 is 0 Å². The number of hydrogen-bond donors (Lipinski definition) is 2. The Labute approximate surface area is 169 Å². The highest BCUT2D eigenvalue weighted by Crippen LogP contribution is 2.42. The highest BCUT2D eigenvalue weighted by atomic mass is 16.6. The summed E-state index contributed by atoms with van der Waals surface area (Å²) in [5.41, 5.74) is 0.944. The van der Waals surface area contributed by atoms with Gasteiger partial charge in [-0.15, -0.1) is 0 Å². The number of carbonyl (C=O) groups excluding carboxylic acids is 3. The molecule has 0 aromatic heterocycles. The van der Waals surface area contributed by atoms with Crippen LogP contribution in [0.15, 0.2) is 48.5 Å². The molecule has 0 saturated heterocycles. The summed E-state index contributed by atoms with van der Waals surface area (Å²) < 4.78 is 11.0. The second kappa shape index (κ2) is 8.34. The number of hydrogen-bond acceptors (Lipinski definition) is 5. The molecule has 1 heterocycles. The molecule has 7 heteroatoms. The minimum atomic E-state index is -0.991. The molecule has 0 unspecified atom stereocenters. The first-order valence-corrected chi connectivity index (χ1v) is 9.36. The number of amides is 2. The second-order valence-corrected chi connectivity index (χ2v) is 7.77. The molecule has 1 aliphatic rings. The minimum absolute atomic E-state index is 0.204. The summed E-state index contributed by atoms with van der Waals surface area (Å²) in [6.45, 7) is 5.15. The summed E-state index contributed by atoms with van der Waals surface area (Å²) in [5.74, 6) is 0.945. The van der Waals surface area contributed by atoms with E-state index < -0.39 is 23.8 Å². The van der Waals surface area contributed by atoms with Gasteiger partial charge in [0.25, 0.3) is 0 Å². The Morgan fingerprint density at radius 3 is 2.14 bits per heavy atom. The van der Waals surface area contributed by atoms with E-state index in [0.717, 1.165) is 11.1 Å². The molecule has 152 valence electrons. The number of para-hydroxylation sites is 2. The number of nitrogens with one attached hydrogen (secondary N) is 2. The van der Waals surface area contributed by atoms with Gasteiger partial charge in [0.05, 0.1) is 18.5 Å². The van der Waals surface area contributed by atoms with Gasteiger partial charge in [0, 0.05) is 11.1 Å². The lowest BCUT2D eigenvalue weighted by Gasteiger charge is -2.29. The number of carbonyl (C=O) groups is 3.